The van der Waals surface area contributed by atoms with Crippen molar-refractivity contribution >= 4 is 5.91 Å². The summed E-state index contributed by atoms with van der Waals surface area (Å²) < 4.78 is 11.2. The number of amides is 1. The van der Waals surface area contributed by atoms with Gasteiger partial charge in [-0.25, -0.2) is 0 Å². The van der Waals surface area contributed by atoms with E-state index in [0.29, 0.717) is 44.8 Å². The fourth-order valence-electron chi connectivity index (χ4n) is 2.45. The van der Waals surface area contributed by atoms with Crippen LogP contribution in [-0.2, 0) is 9.47 Å². The van der Waals surface area contributed by atoms with Gasteiger partial charge < -0.3 is 14.4 Å². The van der Waals surface area contributed by atoms with Crippen LogP contribution in [0.15, 0.2) is 10.9 Å². The zero-order valence-electron chi connectivity index (χ0n) is 9.90. The van der Waals surface area contributed by atoms with Crippen molar-refractivity contribution < 1.29 is 14.3 Å². The highest BCUT2D eigenvalue weighted by Gasteiger charge is 2.40. The van der Waals surface area contributed by atoms with E-state index in [4.69, 9.17) is 9.47 Å². The average molecular weight is 253 g/mol. The molecular formula is C11H15N3O4. The normalized spacial score (nSPS) is 22.6. The van der Waals surface area contributed by atoms with E-state index in [1.54, 1.807) is 4.90 Å². The zero-order chi connectivity index (χ0) is 12.6. The topological polar surface area (TPSA) is 87.4 Å². The van der Waals surface area contributed by atoms with E-state index in [2.05, 4.69) is 10.2 Å². The number of hydrogen-bond acceptors (Lipinski definition) is 4. The van der Waals surface area contributed by atoms with Crippen LogP contribution >= 0.6 is 0 Å². The number of ether oxygens (including phenoxy) is 2. The third-order valence-electron chi connectivity index (χ3n) is 3.45. The maximum Gasteiger partial charge on any atom is 0.271 e. The molecule has 0 aromatic carbocycles. The van der Waals surface area contributed by atoms with E-state index in [1.807, 2.05) is 0 Å². The van der Waals surface area contributed by atoms with E-state index >= 15 is 0 Å². The molecule has 1 aromatic heterocycles. The standard InChI is InChI=1S/C11H15N3O4/c15-9-7-8(12-13-9)10(16)14-3-1-11(2-4-14)17-5-6-18-11/h7H,1-6H2,(H2,12,13,15). The lowest BCUT2D eigenvalue weighted by atomic mass is 10.0. The number of likely N-dealkylation sites (tertiary alicyclic amines) is 1. The molecule has 0 aliphatic carbocycles. The minimum absolute atomic E-state index is 0.166. The molecule has 2 N–H and O–H groups in total. The first-order valence-electron chi connectivity index (χ1n) is 6.03. The van der Waals surface area contributed by atoms with Crippen LogP contribution in [0.5, 0.6) is 0 Å². The molecule has 7 heteroatoms. The van der Waals surface area contributed by atoms with Crippen LogP contribution in [0.25, 0.3) is 0 Å². The molecule has 0 atom stereocenters. The van der Waals surface area contributed by atoms with E-state index in [-0.39, 0.29) is 11.5 Å². The Labute approximate surface area is 103 Å². The van der Waals surface area contributed by atoms with Crippen LogP contribution in [0.3, 0.4) is 0 Å². The Morgan fingerprint density at radius 2 is 1.89 bits per heavy atom. The molecule has 2 fully saturated rings. The van der Waals surface area contributed by atoms with Crippen molar-refractivity contribution in [2.75, 3.05) is 26.3 Å². The monoisotopic (exact) mass is 253 g/mol. The molecule has 0 saturated carbocycles. The number of nitrogens with zero attached hydrogens (tertiary/aromatic N) is 1. The van der Waals surface area contributed by atoms with Gasteiger partial charge in [0.15, 0.2) is 5.79 Å². The number of aromatic amines is 2. The van der Waals surface area contributed by atoms with Gasteiger partial charge in [0.1, 0.15) is 5.69 Å². The fraction of sp³-hybridized carbons (Fsp3) is 0.636. The van der Waals surface area contributed by atoms with E-state index < -0.39 is 5.79 Å². The molecule has 3 heterocycles. The molecule has 1 amide bonds. The molecule has 2 aliphatic rings. The van der Waals surface area contributed by atoms with Crippen LogP contribution in [0, 0.1) is 0 Å². The summed E-state index contributed by atoms with van der Waals surface area (Å²) in [5.74, 6) is -0.649. The first-order chi connectivity index (χ1) is 8.69. The Hall–Kier alpha value is -1.60. The van der Waals surface area contributed by atoms with Gasteiger partial charge in [-0.2, -0.15) is 0 Å². The molecule has 98 valence electrons. The molecule has 1 spiro atoms. The molecule has 18 heavy (non-hydrogen) atoms. The van der Waals surface area contributed by atoms with E-state index in [0.717, 1.165) is 0 Å². The summed E-state index contributed by atoms with van der Waals surface area (Å²) in [5.41, 5.74) is -0.00139. The summed E-state index contributed by atoms with van der Waals surface area (Å²) in [6.45, 7) is 2.40. The number of carbonyl (C=O) groups excluding carboxylic acids is 1. The molecule has 0 bridgehead atoms. The van der Waals surface area contributed by atoms with Gasteiger partial charge in [0, 0.05) is 32.0 Å². The number of rotatable bonds is 1. The smallest absolute Gasteiger partial charge is 0.271 e. The maximum atomic E-state index is 12.1. The van der Waals surface area contributed by atoms with Crippen molar-refractivity contribution in [1.29, 1.82) is 0 Å². The molecule has 0 unspecified atom stereocenters. The Bertz CT molecular complexity index is 490. The molecule has 3 rings (SSSR count). The van der Waals surface area contributed by atoms with Gasteiger partial charge in [-0.15, -0.1) is 0 Å². The fourth-order valence-corrected chi connectivity index (χ4v) is 2.45. The zero-order valence-corrected chi connectivity index (χ0v) is 9.90. The molecule has 1 aromatic rings. The van der Waals surface area contributed by atoms with Crippen LogP contribution in [0.2, 0.25) is 0 Å². The van der Waals surface area contributed by atoms with Crippen LogP contribution in [0.4, 0.5) is 0 Å². The quantitative estimate of drug-likeness (QED) is 0.718. The van der Waals surface area contributed by atoms with Gasteiger partial charge >= 0.3 is 0 Å². The number of hydrogen-bond donors (Lipinski definition) is 2. The molecular weight excluding hydrogens is 238 g/mol. The average Bonchev–Trinajstić information content (AvgIpc) is 3.00. The molecule has 2 saturated heterocycles. The van der Waals surface area contributed by atoms with Gasteiger partial charge in [-0.3, -0.25) is 19.8 Å². The summed E-state index contributed by atoms with van der Waals surface area (Å²) in [4.78, 5) is 24.8. The Morgan fingerprint density at radius 1 is 1.22 bits per heavy atom. The number of H-pyrrole nitrogens is 2. The van der Waals surface area contributed by atoms with Crippen molar-refractivity contribution in [3.05, 3.63) is 22.1 Å². The third-order valence-corrected chi connectivity index (χ3v) is 3.45. The second-order valence-electron chi connectivity index (χ2n) is 4.57. The van der Waals surface area contributed by atoms with Gasteiger partial charge in [-0.1, -0.05) is 0 Å². The maximum absolute atomic E-state index is 12.1. The Balaban J connectivity index is 1.66. The van der Waals surface area contributed by atoms with Gasteiger partial charge in [-0.05, 0) is 0 Å². The number of piperidine rings is 1. The highest BCUT2D eigenvalue weighted by molar-refractivity contribution is 5.92. The summed E-state index contributed by atoms with van der Waals surface area (Å²) in [5, 5.41) is 4.93. The van der Waals surface area contributed by atoms with Crippen molar-refractivity contribution in [1.82, 2.24) is 15.1 Å². The van der Waals surface area contributed by atoms with Crippen molar-refractivity contribution in [2.24, 2.45) is 0 Å². The minimum atomic E-state index is -0.484. The van der Waals surface area contributed by atoms with Gasteiger partial charge in [0.25, 0.3) is 11.5 Å². The summed E-state index contributed by atoms with van der Waals surface area (Å²) in [7, 11) is 0. The SMILES string of the molecule is O=C(c1cc(=O)[nH][nH]1)N1CCC2(CC1)OCCO2. The van der Waals surface area contributed by atoms with Crippen LogP contribution in [0.1, 0.15) is 23.3 Å². The number of aromatic nitrogens is 2. The van der Waals surface area contributed by atoms with Crippen molar-refractivity contribution in [2.45, 2.75) is 18.6 Å². The highest BCUT2D eigenvalue weighted by Crippen LogP contribution is 2.31. The Morgan fingerprint density at radius 3 is 2.44 bits per heavy atom. The highest BCUT2D eigenvalue weighted by atomic mass is 16.7. The lowest BCUT2D eigenvalue weighted by Crippen LogP contribution is -2.47. The van der Waals surface area contributed by atoms with Crippen molar-refractivity contribution in [3.63, 3.8) is 0 Å². The molecule has 0 radical (unpaired) electrons. The van der Waals surface area contributed by atoms with Crippen LogP contribution < -0.4 is 5.56 Å². The summed E-state index contributed by atoms with van der Waals surface area (Å²) >= 11 is 0. The van der Waals surface area contributed by atoms with E-state index in [1.165, 1.54) is 6.07 Å². The predicted octanol–water partition coefficient (Wildman–Crippen LogP) is -0.318. The second-order valence-corrected chi connectivity index (χ2v) is 4.57. The second kappa shape index (κ2) is 4.25. The summed E-state index contributed by atoms with van der Waals surface area (Å²) in [6.07, 6.45) is 1.35. The number of nitrogens with one attached hydrogen (secondary N) is 2. The minimum Gasteiger partial charge on any atom is -0.347 e. The lowest BCUT2D eigenvalue weighted by Gasteiger charge is -2.37. The predicted molar refractivity (Wildman–Crippen MR) is 61.2 cm³/mol. The Kier molecular flexibility index (Phi) is 2.71. The first-order valence-corrected chi connectivity index (χ1v) is 6.03. The van der Waals surface area contributed by atoms with Gasteiger partial charge in [0.05, 0.1) is 13.2 Å². The first kappa shape index (κ1) is 11.5. The summed E-state index contributed by atoms with van der Waals surface area (Å²) in [6, 6.07) is 1.27. The van der Waals surface area contributed by atoms with Gasteiger partial charge in [0.2, 0.25) is 0 Å². The van der Waals surface area contributed by atoms with Crippen LogP contribution in [-0.4, -0.2) is 53.1 Å². The molecule has 2 aliphatic heterocycles. The van der Waals surface area contributed by atoms with Crippen molar-refractivity contribution in [3.8, 4) is 0 Å². The third kappa shape index (κ3) is 1.95. The number of carbonyl (C=O) groups is 1. The lowest BCUT2D eigenvalue weighted by molar-refractivity contribution is -0.181. The van der Waals surface area contributed by atoms with E-state index in [9.17, 15) is 9.59 Å². The largest absolute Gasteiger partial charge is 0.347 e. The molecule has 7 nitrogen and oxygen atoms in total.